The number of nitrogens with zero attached hydrogens (tertiary/aromatic N) is 2. The number of ether oxygens (including phenoxy) is 1. The maximum atomic E-state index is 11.0. The standard InChI is InChI=1S/C9H10N2O4S/c12-3-4-6(14)7-8(16-4)11-2-1-5(13)10-9(11)15-7/h1-2,4,6-8,12,14H,3H2/t4-,6-,7+,8-/m1/s1. The number of aliphatic hydroxyl groups is 2. The fourth-order valence-electron chi connectivity index (χ4n) is 2.02. The summed E-state index contributed by atoms with van der Waals surface area (Å²) in [5.41, 5.74) is -0.357. The van der Waals surface area contributed by atoms with Gasteiger partial charge in [-0.3, -0.25) is 9.36 Å². The number of hydrogen-bond acceptors (Lipinski definition) is 6. The Kier molecular flexibility index (Phi) is 2.20. The molecule has 3 heterocycles. The van der Waals surface area contributed by atoms with Crippen LogP contribution in [0.2, 0.25) is 0 Å². The zero-order chi connectivity index (χ0) is 11.3. The predicted octanol–water partition coefficient (Wildman–Crippen LogP) is -1.03. The minimum atomic E-state index is -0.739. The number of rotatable bonds is 1. The first-order valence-electron chi connectivity index (χ1n) is 4.91. The van der Waals surface area contributed by atoms with Crippen LogP contribution in [0.3, 0.4) is 0 Å². The fourth-order valence-corrected chi connectivity index (χ4v) is 3.44. The van der Waals surface area contributed by atoms with E-state index in [0.29, 0.717) is 0 Å². The molecule has 0 spiro atoms. The molecule has 0 saturated carbocycles. The maximum Gasteiger partial charge on any atom is 0.301 e. The van der Waals surface area contributed by atoms with Crippen LogP contribution in [0.5, 0.6) is 6.01 Å². The van der Waals surface area contributed by atoms with Gasteiger partial charge in [0.15, 0.2) is 6.10 Å². The Bertz CT molecular complexity index is 477. The second-order valence-corrected chi connectivity index (χ2v) is 5.14. The first-order valence-corrected chi connectivity index (χ1v) is 5.85. The van der Waals surface area contributed by atoms with Gasteiger partial charge in [0.2, 0.25) is 0 Å². The Hall–Kier alpha value is -1.05. The minimum Gasteiger partial charge on any atom is -0.455 e. The van der Waals surface area contributed by atoms with E-state index in [0.717, 1.165) is 0 Å². The molecule has 1 fully saturated rings. The molecule has 0 amide bonds. The Morgan fingerprint density at radius 2 is 2.44 bits per heavy atom. The van der Waals surface area contributed by atoms with Crippen LogP contribution in [0.4, 0.5) is 0 Å². The number of aliphatic hydroxyl groups excluding tert-OH is 2. The van der Waals surface area contributed by atoms with Gasteiger partial charge in [-0.1, -0.05) is 0 Å². The van der Waals surface area contributed by atoms with Gasteiger partial charge in [-0.15, -0.1) is 11.8 Å². The molecule has 7 heteroatoms. The smallest absolute Gasteiger partial charge is 0.301 e. The van der Waals surface area contributed by atoms with Crippen LogP contribution in [-0.2, 0) is 0 Å². The summed E-state index contributed by atoms with van der Waals surface area (Å²) in [6.45, 7) is -0.0921. The summed E-state index contributed by atoms with van der Waals surface area (Å²) >= 11 is 1.43. The van der Waals surface area contributed by atoms with Crippen molar-refractivity contribution in [2.24, 2.45) is 0 Å². The highest BCUT2D eigenvalue weighted by atomic mass is 32.2. The van der Waals surface area contributed by atoms with Gasteiger partial charge in [-0.25, -0.2) is 0 Å². The second-order valence-electron chi connectivity index (χ2n) is 3.78. The molecule has 0 aliphatic carbocycles. The van der Waals surface area contributed by atoms with Crippen molar-refractivity contribution in [3.63, 3.8) is 0 Å². The lowest BCUT2D eigenvalue weighted by molar-refractivity contribution is 0.0437. The summed E-state index contributed by atoms with van der Waals surface area (Å²) < 4.78 is 7.14. The summed E-state index contributed by atoms with van der Waals surface area (Å²) in [4.78, 5) is 14.8. The molecule has 0 radical (unpaired) electrons. The summed E-state index contributed by atoms with van der Waals surface area (Å²) in [6, 6.07) is 1.60. The van der Waals surface area contributed by atoms with Crippen molar-refractivity contribution in [3.8, 4) is 6.01 Å². The molecule has 2 N–H and O–H groups in total. The molecule has 0 unspecified atom stereocenters. The lowest BCUT2D eigenvalue weighted by atomic mass is 10.1. The molecule has 86 valence electrons. The number of hydrogen-bond donors (Lipinski definition) is 2. The molecule has 4 atom stereocenters. The number of fused-ring (bicyclic) bond motifs is 3. The molecule has 16 heavy (non-hydrogen) atoms. The average Bonchev–Trinajstić information content (AvgIpc) is 2.75. The van der Waals surface area contributed by atoms with E-state index in [1.54, 1.807) is 10.8 Å². The molecular formula is C9H10N2O4S. The van der Waals surface area contributed by atoms with Crippen molar-refractivity contribution in [2.45, 2.75) is 22.8 Å². The van der Waals surface area contributed by atoms with Gasteiger partial charge in [0.25, 0.3) is 5.56 Å². The molecule has 2 aliphatic rings. The average molecular weight is 242 g/mol. The summed E-state index contributed by atoms with van der Waals surface area (Å²) in [7, 11) is 0. The van der Waals surface area contributed by atoms with Crippen molar-refractivity contribution < 1.29 is 14.9 Å². The molecule has 1 aromatic rings. The van der Waals surface area contributed by atoms with Crippen LogP contribution in [0.25, 0.3) is 0 Å². The first kappa shape index (κ1) is 10.1. The Balaban J connectivity index is 1.99. The summed E-state index contributed by atoms with van der Waals surface area (Å²) in [6.07, 6.45) is 0.433. The van der Waals surface area contributed by atoms with E-state index >= 15 is 0 Å². The number of aromatic nitrogens is 2. The van der Waals surface area contributed by atoms with Gasteiger partial charge in [0.1, 0.15) is 11.5 Å². The molecule has 0 aromatic carbocycles. The highest BCUT2D eigenvalue weighted by molar-refractivity contribution is 8.00. The van der Waals surface area contributed by atoms with Crippen LogP contribution in [0.15, 0.2) is 17.1 Å². The molecule has 3 rings (SSSR count). The van der Waals surface area contributed by atoms with Crippen molar-refractivity contribution in [3.05, 3.63) is 22.6 Å². The zero-order valence-electron chi connectivity index (χ0n) is 8.18. The van der Waals surface area contributed by atoms with Gasteiger partial charge in [0, 0.05) is 12.3 Å². The van der Waals surface area contributed by atoms with E-state index < -0.39 is 12.2 Å². The Morgan fingerprint density at radius 1 is 1.62 bits per heavy atom. The van der Waals surface area contributed by atoms with Crippen molar-refractivity contribution in [1.82, 2.24) is 9.55 Å². The SMILES string of the molecule is O=c1ccn2c(n1)O[C@H]1[C@H](O)[C@@H](CO)S[C@H]12. The third-order valence-electron chi connectivity index (χ3n) is 2.81. The highest BCUT2D eigenvalue weighted by Crippen LogP contribution is 2.47. The number of thioether (sulfide) groups is 1. The largest absolute Gasteiger partial charge is 0.455 e. The lowest BCUT2D eigenvalue weighted by Crippen LogP contribution is -2.34. The van der Waals surface area contributed by atoms with Gasteiger partial charge in [-0.05, 0) is 0 Å². The van der Waals surface area contributed by atoms with Gasteiger partial charge < -0.3 is 14.9 Å². The maximum absolute atomic E-state index is 11.0. The van der Waals surface area contributed by atoms with Gasteiger partial charge >= 0.3 is 6.01 Å². The van der Waals surface area contributed by atoms with E-state index in [1.807, 2.05) is 0 Å². The van der Waals surface area contributed by atoms with E-state index in [2.05, 4.69) is 4.98 Å². The molecule has 1 saturated heterocycles. The van der Waals surface area contributed by atoms with Crippen LogP contribution >= 0.6 is 11.8 Å². The molecule has 2 aliphatic heterocycles. The van der Waals surface area contributed by atoms with E-state index in [9.17, 15) is 9.90 Å². The van der Waals surface area contributed by atoms with E-state index in [1.165, 1.54) is 17.8 Å². The topological polar surface area (TPSA) is 84.6 Å². The Labute approximate surface area is 94.9 Å². The van der Waals surface area contributed by atoms with Crippen molar-refractivity contribution in [2.75, 3.05) is 6.61 Å². The zero-order valence-corrected chi connectivity index (χ0v) is 9.00. The fraction of sp³-hybridized carbons (Fsp3) is 0.556. The summed E-state index contributed by atoms with van der Waals surface area (Å²) in [5, 5.41) is 18.6. The predicted molar refractivity (Wildman–Crippen MR) is 56.4 cm³/mol. The third-order valence-corrected chi connectivity index (χ3v) is 4.36. The van der Waals surface area contributed by atoms with Crippen molar-refractivity contribution in [1.29, 1.82) is 0 Å². The molecule has 0 bridgehead atoms. The van der Waals surface area contributed by atoms with Crippen LogP contribution < -0.4 is 10.3 Å². The molecule has 6 nitrogen and oxygen atoms in total. The Morgan fingerprint density at radius 3 is 3.19 bits per heavy atom. The quantitative estimate of drug-likeness (QED) is 0.655. The second kappa shape index (κ2) is 3.47. The van der Waals surface area contributed by atoms with Gasteiger partial charge in [0.05, 0.1) is 11.9 Å². The minimum absolute atomic E-state index is 0.0921. The third kappa shape index (κ3) is 1.28. The first-order chi connectivity index (χ1) is 7.70. The van der Waals surface area contributed by atoms with Crippen molar-refractivity contribution >= 4 is 11.8 Å². The molecular weight excluding hydrogens is 232 g/mol. The normalized spacial score (nSPS) is 35.6. The van der Waals surface area contributed by atoms with E-state index in [-0.39, 0.29) is 28.8 Å². The van der Waals surface area contributed by atoms with E-state index in [4.69, 9.17) is 9.84 Å². The van der Waals surface area contributed by atoms with Crippen LogP contribution in [0, 0.1) is 0 Å². The highest BCUT2D eigenvalue weighted by Gasteiger charge is 2.50. The molecule has 1 aromatic heterocycles. The van der Waals surface area contributed by atoms with Crippen LogP contribution in [0.1, 0.15) is 5.37 Å². The summed E-state index contributed by atoms with van der Waals surface area (Å²) in [5.74, 6) is 0. The van der Waals surface area contributed by atoms with Gasteiger partial charge in [-0.2, -0.15) is 4.98 Å². The van der Waals surface area contributed by atoms with Crippen LogP contribution in [-0.4, -0.2) is 43.8 Å². The monoisotopic (exact) mass is 242 g/mol. The lowest BCUT2D eigenvalue weighted by Gasteiger charge is -2.14.